The van der Waals surface area contributed by atoms with Gasteiger partial charge in [-0.15, -0.1) is 0 Å². The normalized spacial score (nSPS) is 13.3. The van der Waals surface area contributed by atoms with Crippen molar-refractivity contribution in [3.63, 3.8) is 0 Å². The third-order valence-corrected chi connectivity index (χ3v) is 4.50. The topological polar surface area (TPSA) is 97.5 Å². The average Bonchev–Trinajstić information content (AvgIpc) is 2.48. The molecule has 0 amide bonds. The number of nitrogens with zero attached hydrogens (tertiary/aromatic N) is 1. The van der Waals surface area contributed by atoms with E-state index in [1.54, 1.807) is 18.2 Å². The first kappa shape index (κ1) is 14.9. The van der Waals surface area contributed by atoms with Gasteiger partial charge in [0.25, 0.3) is 5.69 Å². The van der Waals surface area contributed by atoms with Crippen LogP contribution in [0.25, 0.3) is 0 Å². The zero-order valence-electron chi connectivity index (χ0n) is 10.7. The molecule has 2 unspecified atom stereocenters. The fraction of sp³-hybridized carbons (Fsp3) is 0.0714. The first-order chi connectivity index (χ1) is 10.0. The van der Waals surface area contributed by atoms with Gasteiger partial charge in [0.15, 0.2) is 5.25 Å². The number of nitro groups is 1. The number of carbonyl (C=O) groups is 1. The van der Waals surface area contributed by atoms with Gasteiger partial charge in [-0.2, -0.15) is 0 Å². The van der Waals surface area contributed by atoms with E-state index in [4.69, 9.17) is 0 Å². The molecule has 2 aromatic carbocycles. The van der Waals surface area contributed by atoms with E-state index in [1.165, 1.54) is 36.4 Å². The molecule has 1 N–H and O–H groups in total. The third kappa shape index (κ3) is 3.14. The van der Waals surface area contributed by atoms with Crippen LogP contribution in [0.1, 0.15) is 10.8 Å². The van der Waals surface area contributed by atoms with Gasteiger partial charge in [0.1, 0.15) is 4.90 Å². The van der Waals surface area contributed by atoms with Crippen LogP contribution in [0.4, 0.5) is 5.69 Å². The number of hydrogen-bond acceptors (Lipinski definition) is 4. The van der Waals surface area contributed by atoms with Crippen LogP contribution in [0, 0.1) is 10.1 Å². The van der Waals surface area contributed by atoms with E-state index >= 15 is 0 Å². The van der Waals surface area contributed by atoms with Crippen molar-refractivity contribution in [2.75, 3.05) is 0 Å². The van der Waals surface area contributed by atoms with Crippen LogP contribution >= 0.6 is 0 Å². The van der Waals surface area contributed by atoms with Crippen molar-refractivity contribution in [3.05, 3.63) is 70.3 Å². The van der Waals surface area contributed by atoms with E-state index in [0.717, 1.165) is 0 Å². The molecule has 0 radical (unpaired) electrons. The highest BCUT2D eigenvalue weighted by Gasteiger charge is 2.31. The number of rotatable bonds is 5. The summed E-state index contributed by atoms with van der Waals surface area (Å²) in [6.45, 7) is 0. The summed E-state index contributed by atoms with van der Waals surface area (Å²) in [4.78, 5) is 21.6. The van der Waals surface area contributed by atoms with Gasteiger partial charge < -0.3 is 5.11 Å². The van der Waals surface area contributed by atoms with E-state index < -0.39 is 26.9 Å². The first-order valence-corrected chi connectivity index (χ1v) is 7.15. The van der Waals surface area contributed by atoms with Crippen LogP contribution in [0.15, 0.2) is 59.5 Å². The van der Waals surface area contributed by atoms with Crippen molar-refractivity contribution in [3.8, 4) is 0 Å². The largest absolute Gasteiger partial charge is 0.480 e. The molecule has 6 nitrogen and oxygen atoms in total. The summed E-state index contributed by atoms with van der Waals surface area (Å²) >= 11 is 0. The summed E-state index contributed by atoms with van der Waals surface area (Å²) in [6, 6.07) is 13.5. The number of nitro benzene ring substituents is 1. The maximum Gasteiger partial charge on any atom is 0.324 e. The molecule has 7 heteroatoms. The fourth-order valence-corrected chi connectivity index (χ4v) is 3.29. The summed E-state index contributed by atoms with van der Waals surface area (Å²) in [5.41, 5.74) is -0.0144. The molecule has 0 saturated heterocycles. The molecule has 0 bridgehead atoms. The SMILES string of the molecule is O=C(O)C(c1ccccc1)S(=O)c1ccccc1[N+](=O)[O-]. The van der Waals surface area contributed by atoms with Crippen LogP contribution in [0.2, 0.25) is 0 Å². The molecule has 0 saturated carbocycles. The zero-order valence-corrected chi connectivity index (χ0v) is 11.5. The Labute approximate surface area is 122 Å². The van der Waals surface area contributed by atoms with Crippen LogP contribution in [0.5, 0.6) is 0 Å². The second-order valence-corrected chi connectivity index (χ2v) is 5.66. The molecule has 2 rings (SSSR count). The number of hydrogen-bond donors (Lipinski definition) is 1. The van der Waals surface area contributed by atoms with Crippen molar-refractivity contribution in [2.24, 2.45) is 0 Å². The standard InChI is InChI=1S/C14H11NO5S/c16-14(17)13(10-6-2-1-3-7-10)21(20)12-9-5-4-8-11(12)15(18)19/h1-9,13H,(H,16,17). The van der Waals surface area contributed by atoms with Crippen molar-refractivity contribution in [2.45, 2.75) is 10.1 Å². The third-order valence-electron chi connectivity index (χ3n) is 2.82. The van der Waals surface area contributed by atoms with Crippen molar-refractivity contribution >= 4 is 22.5 Å². The van der Waals surface area contributed by atoms with E-state index in [9.17, 15) is 24.2 Å². The lowest BCUT2D eigenvalue weighted by Crippen LogP contribution is -2.18. The Balaban J connectivity index is 2.51. The monoisotopic (exact) mass is 305 g/mol. The molecule has 0 aliphatic carbocycles. The van der Waals surface area contributed by atoms with Gasteiger partial charge in [-0.3, -0.25) is 19.1 Å². The van der Waals surface area contributed by atoms with E-state index in [1.807, 2.05) is 0 Å². The summed E-state index contributed by atoms with van der Waals surface area (Å²) in [5.74, 6) is -1.29. The maximum atomic E-state index is 12.5. The van der Waals surface area contributed by atoms with Gasteiger partial charge in [-0.25, -0.2) is 0 Å². The van der Waals surface area contributed by atoms with Crippen LogP contribution < -0.4 is 0 Å². The molecule has 0 spiro atoms. The molecule has 0 fully saturated rings. The number of carboxylic acids is 1. The molecular weight excluding hydrogens is 294 g/mol. The molecule has 21 heavy (non-hydrogen) atoms. The lowest BCUT2D eigenvalue weighted by atomic mass is 10.1. The van der Waals surface area contributed by atoms with Gasteiger partial charge in [0.05, 0.1) is 15.7 Å². The van der Waals surface area contributed by atoms with Crippen molar-refractivity contribution < 1.29 is 19.0 Å². The quantitative estimate of drug-likeness (QED) is 0.676. The van der Waals surface area contributed by atoms with Crippen LogP contribution in [0.3, 0.4) is 0 Å². The van der Waals surface area contributed by atoms with Crippen LogP contribution in [-0.4, -0.2) is 20.2 Å². The van der Waals surface area contributed by atoms with E-state index in [-0.39, 0.29) is 10.6 Å². The minimum Gasteiger partial charge on any atom is -0.480 e. The summed E-state index contributed by atoms with van der Waals surface area (Å²) in [5, 5.41) is 18.9. The van der Waals surface area contributed by atoms with Crippen molar-refractivity contribution in [1.29, 1.82) is 0 Å². The average molecular weight is 305 g/mol. The highest BCUT2D eigenvalue weighted by atomic mass is 32.2. The number of benzene rings is 2. The molecule has 2 atom stereocenters. The predicted molar refractivity (Wildman–Crippen MR) is 76.3 cm³/mol. The van der Waals surface area contributed by atoms with E-state index in [2.05, 4.69) is 0 Å². The maximum absolute atomic E-state index is 12.5. The van der Waals surface area contributed by atoms with Gasteiger partial charge in [0, 0.05) is 6.07 Å². The lowest BCUT2D eigenvalue weighted by molar-refractivity contribution is -0.387. The molecule has 0 aromatic heterocycles. The number of para-hydroxylation sites is 1. The molecule has 108 valence electrons. The Bertz CT molecular complexity index is 702. The van der Waals surface area contributed by atoms with Gasteiger partial charge in [-0.05, 0) is 11.6 Å². The molecule has 2 aromatic rings. The zero-order chi connectivity index (χ0) is 15.4. The van der Waals surface area contributed by atoms with E-state index in [0.29, 0.717) is 5.56 Å². The first-order valence-electron chi connectivity index (χ1n) is 5.94. The van der Waals surface area contributed by atoms with Crippen molar-refractivity contribution in [1.82, 2.24) is 0 Å². The Morgan fingerprint density at radius 3 is 2.24 bits per heavy atom. The van der Waals surface area contributed by atoms with Gasteiger partial charge in [0.2, 0.25) is 0 Å². The molecule has 0 aliphatic rings. The number of aliphatic carboxylic acids is 1. The summed E-state index contributed by atoms with van der Waals surface area (Å²) < 4.78 is 12.5. The second-order valence-electron chi connectivity index (χ2n) is 4.15. The number of carboxylic acid groups (broad SMARTS) is 1. The fourth-order valence-electron chi connectivity index (χ4n) is 1.89. The van der Waals surface area contributed by atoms with Crippen LogP contribution in [-0.2, 0) is 15.6 Å². The smallest absolute Gasteiger partial charge is 0.324 e. The Hall–Kier alpha value is -2.54. The molecule has 0 aliphatic heterocycles. The summed E-state index contributed by atoms with van der Waals surface area (Å²) in [7, 11) is -2.08. The summed E-state index contributed by atoms with van der Waals surface area (Å²) in [6.07, 6.45) is 0. The van der Waals surface area contributed by atoms with Gasteiger partial charge in [-0.1, -0.05) is 42.5 Å². The minimum absolute atomic E-state index is 0.0984. The van der Waals surface area contributed by atoms with Gasteiger partial charge >= 0.3 is 5.97 Å². The Morgan fingerprint density at radius 2 is 1.67 bits per heavy atom. The Morgan fingerprint density at radius 1 is 1.10 bits per heavy atom. The molecule has 0 heterocycles. The minimum atomic E-state index is -2.08. The lowest BCUT2D eigenvalue weighted by Gasteiger charge is -2.12. The highest BCUT2D eigenvalue weighted by Crippen LogP contribution is 2.30. The highest BCUT2D eigenvalue weighted by molar-refractivity contribution is 7.86. The molecular formula is C14H11NO5S. The predicted octanol–water partition coefficient (Wildman–Crippen LogP) is 2.53. The Kier molecular flexibility index (Phi) is 4.44. The second kappa shape index (κ2) is 6.27.